The van der Waals surface area contributed by atoms with Gasteiger partial charge >= 0.3 is 0 Å². The molecule has 0 aromatic heterocycles. The Bertz CT molecular complexity index is 97.2. The minimum atomic E-state index is 0.728. The SMILES string of the molecule is C=CN1CCN(O)CC1. The van der Waals surface area contributed by atoms with Crippen LogP contribution in [0.4, 0.5) is 0 Å². The van der Waals surface area contributed by atoms with E-state index in [1.54, 1.807) is 0 Å². The summed E-state index contributed by atoms with van der Waals surface area (Å²) in [6.45, 7) is 6.87. The van der Waals surface area contributed by atoms with Crippen LogP contribution in [0.15, 0.2) is 12.8 Å². The minimum absolute atomic E-state index is 0.728. The van der Waals surface area contributed by atoms with Gasteiger partial charge in [-0.15, -0.1) is 0 Å². The lowest BCUT2D eigenvalue weighted by atomic mass is 10.4. The Labute approximate surface area is 55.1 Å². The molecule has 0 atom stereocenters. The highest BCUT2D eigenvalue weighted by Crippen LogP contribution is 1.96. The summed E-state index contributed by atoms with van der Waals surface area (Å²) in [6, 6.07) is 0. The van der Waals surface area contributed by atoms with E-state index in [1.807, 2.05) is 6.20 Å². The van der Waals surface area contributed by atoms with Gasteiger partial charge in [-0.1, -0.05) is 6.58 Å². The van der Waals surface area contributed by atoms with Crippen molar-refractivity contribution >= 4 is 0 Å². The Morgan fingerprint density at radius 3 is 2.22 bits per heavy atom. The molecule has 1 aliphatic heterocycles. The molecule has 0 unspecified atom stereocenters. The summed E-state index contributed by atoms with van der Waals surface area (Å²) in [7, 11) is 0. The second kappa shape index (κ2) is 2.85. The average molecular weight is 128 g/mol. The summed E-state index contributed by atoms with van der Waals surface area (Å²) < 4.78 is 0. The lowest BCUT2D eigenvalue weighted by Crippen LogP contribution is -2.41. The maximum atomic E-state index is 8.89. The van der Waals surface area contributed by atoms with Crippen LogP contribution in [0.3, 0.4) is 0 Å². The third-order valence-electron chi connectivity index (χ3n) is 1.55. The van der Waals surface area contributed by atoms with Crippen LogP contribution in [0, 0.1) is 0 Å². The predicted octanol–water partition coefficient (Wildman–Crippen LogP) is 0.137. The first kappa shape index (κ1) is 6.58. The second-order valence-corrected chi connectivity index (χ2v) is 2.17. The number of hydrogen-bond acceptors (Lipinski definition) is 3. The molecule has 3 nitrogen and oxygen atoms in total. The molecule has 0 spiro atoms. The molecule has 0 aromatic rings. The van der Waals surface area contributed by atoms with E-state index < -0.39 is 0 Å². The number of hydrogen-bond donors (Lipinski definition) is 1. The molecule has 52 valence electrons. The Morgan fingerprint density at radius 1 is 1.22 bits per heavy atom. The fourth-order valence-corrected chi connectivity index (χ4v) is 0.894. The largest absolute Gasteiger partial charge is 0.375 e. The van der Waals surface area contributed by atoms with E-state index in [-0.39, 0.29) is 0 Å². The van der Waals surface area contributed by atoms with Gasteiger partial charge in [0.15, 0.2) is 0 Å². The highest BCUT2D eigenvalue weighted by atomic mass is 16.5. The Morgan fingerprint density at radius 2 is 1.78 bits per heavy atom. The van der Waals surface area contributed by atoms with E-state index in [0.717, 1.165) is 26.2 Å². The monoisotopic (exact) mass is 128 g/mol. The van der Waals surface area contributed by atoms with Crippen LogP contribution >= 0.6 is 0 Å². The quantitative estimate of drug-likeness (QED) is 0.544. The Kier molecular flexibility index (Phi) is 2.08. The fourth-order valence-electron chi connectivity index (χ4n) is 0.894. The van der Waals surface area contributed by atoms with E-state index in [2.05, 4.69) is 11.5 Å². The average Bonchev–Trinajstić information content (AvgIpc) is 1.90. The number of piperazine rings is 1. The van der Waals surface area contributed by atoms with E-state index in [4.69, 9.17) is 5.21 Å². The van der Waals surface area contributed by atoms with Crippen LogP contribution in [0.25, 0.3) is 0 Å². The van der Waals surface area contributed by atoms with Crippen molar-refractivity contribution in [2.24, 2.45) is 0 Å². The van der Waals surface area contributed by atoms with Gasteiger partial charge in [-0.05, 0) is 6.20 Å². The smallest absolute Gasteiger partial charge is 0.0414 e. The van der Waals surface area contributed by atoms with Gasteiger partial charge in [0.2, 0.25) is 0 Å². The molecular weight excluding hydrogens is 116 g/mol. The zero-order valence-corrected chi connectivity index (χ0v) is 5.45. The summed E-state index contributed by atoms with van der Waals surface area (Å²) in [5.41, 5.74) is 0. The van der Waals surface area contributed by atoms with Crippen molar-refractivity contribution < 1.29 is 5.21 Å². The van der Waals surface area contributed by atoms with Crippen molar-refractivity contribution in [1.82, 2.24) is 9.96 Å². The first-order valence-corrected chi connectivity index (χ1v) is 3.13. The molecule has 0 bridgehead atoms. The first-order valence-electron chi connectivity index (χ1n) is 3.13. The Hall–Kier alpha value is -0.540. The van der Waals surface area contributed by atoms with Gasteiger partial charge in [-0.2, -0.15) is 5.06 Å². The third kappa shape index (κ3) is 1.69. The lowest BCUT2D eigenvalue weighted by Gasteiger charge is -2.29. The molecule has 1 fully saturated rings. The lowest BCUT2D eigenvalue weighted by molar-refractivity contribution is -0.112. The van der Waals surface area contributed by atoms with Crippen molar-refractivity contribution in [3.63, 3.8) is 0 Å². The maximum Gasteiger partial charge on any atom is 0.0414 e. The molecule has 1 aliphatic rings. The fraction of sp³-hybridized carbons (Fsp3) is 0.667. The normalized spacial score (nSPS) is 22.1. The highest BCUT2D eigenvalue weighted by molar-refractivity contribution is 4.75. The van der Waals surface area contributed by atoms with Crippen LogP contribution in [0.5, 0.6) is 0 Å². The van der Waals surface area contributed by atoms with Crippen LogP contribution in [-0.4, -0.2) is 41.3 Å². The van der Waals surface area contributed by atoms with Crippen molar-refractivity contribution in [3.05, 3.63) is 12.8 Å². The molecule has 0 amide bonds. The van der Waals surface area contributed by atoms with Crippen molar-refractivity contribution in [3.8, 4) is 0 Å². The van der Waals surface area contributed by atoms with Gasteiger partial charge in [0.25, 0.3) is 0 Å². The van der Waals surface area contributed by atoms with E-state index in [9.17, 15) is 0 Å². The third-order valence-corrected chi connectivity index (χ3v) is 1.55. The minimum Gasteiger partial charge on any atom is -0.375 e. The van der Waals surface area contributed by atoms with E-state index in [1.165, 1.54) is 5.06 Å². The molecule has 1 N–H and O–H groups in total. The molecule has 9 heavy (non-hydrogen) atoms. The summed E-state index contributed by atoms with van der Waals surface area (Å²) in [4.78, 5) is 2.09. The maximum absolute atomic E-state index is 8.89. The van der Waals surface area contributed by atoms with Crippen LogP contribution in [0.1, 0.15) is 0 Å². The van der Waals surface area contributed by atoms with Gasteiger partial charge in [0.05, 0.1) is 0 Å². The number of nitrogens with zero attached hydrogens (tertiary/aromatic N) is 2. The Balaban J connectivity index is 2.26. The number of hydroxylamine groups is 2. The molecule has 0 aromatic carbocycles. The topological polar surface area (TPSA) is 26.7 Å². The van der Waals surface area contributed by atoms with Crippen molar-refractivity contribution in [2.75, 3.05) is 26.2 Å². The van der Waals surface area contributed by atoms with Crippen molar-refractivity contribution in [1.29, 1.82) is 0 Å². The summed E-state index contributed by atoms with van der Waals surface area (Å²) in [6.07, 6.45) is 1.81. The van der Waals surface area contributed by atoms with Crippen LogP contribution in [-0.2, 0) is 0 Å². The zero-order valence-electron chi connectivity index (χ0n) is 5.45. The first-order chi connectivity index (χ1) is 4.33. The zero-order chi connectivity index (χ0) is 6.69. The van der Waals surface area contributed by atoms with Crippen LogP contribution < -0.4 is 0 Å². The molecule has 0 aliphatic carbocycles. The second-order valence-electron chi connectivity index (χ2n) is 2.17. The van der Waals surface area contributed by atoms with Gasteiger partial charge < -0.3 is 10.1 Å². The highest BCUT2D eigenvalue weighted by Gasteiger charge is 2.10. The van der Waals surface area contributed by atoms with E-state index in [0.29, 0.717) is 0 Å². The molecular formula is C6H12N2O. The van der Waals surface area contributed by atoms with Crippen molar-refractivity contribution in [2.45, 2.75) is 0 Å². The summed E-state index contributed by atoms with van der Waals surface area (Å²) in [5, 5.41) is 10.2. The van der Waals surface area contributed by atoms with Gasteiger partial charge in [-0.3, -0.25) is 0 Å². The van der Waals surface area contributed by atoms with E-state index >= 15 is 0 Å². The summed E-state index contributed by atoms with van der Waals surface area (Å²) >= 11 is 0. The molecule has 0 radical (unpaired) electrons. The number of rotatable bonds is 1. The predicted molar refractivity (Wildman–Crippen MR) is 35.1 cm³/mol. The molecule has 3 heteroatoms. The standard InChI is InChI=1S/C6H12N2O/c1-2-7-3-5-8(9)6-4-7/h2,9H,1,3-6H2. The van der Waals surface area contributed by atoms with Gasteiger partial charge in [0, 0.05) is 26.2 Å². The van der Waals surface area contributed by atoms with Gasteiger partial charge in [-0.25, -0.2) is 0 Å². The molecule has 1 rings (SSSR count). The van der Waals surface area contributed by atoms with Gasteiger partial charge in [0.1, 0.15) is 0 Å². The molecule has 0 saturated carbocycles. The summed E-state index contributed by atoms with van der Waals surface area (Å²) in [5.74, 6) is 0. The molecule has 1 saturated heterocycles. The van der Waals surface area contributed by atoms with Crippen LogP contribution in [0.2, 0.25) is 0 Å². The molecule has 1 heterocycles.